The van der Waals surface area contributed by atoms with Gasteiger partial charge in [0, 0.05) is 12.7 Å². The summed E-state index contributed by atoms with van der Waals surface area (Å²) in [7, 11) is 1.87. The topological polar surface area (TPSA) is 12.0 Å². The van der Waals surface area contributed by atoms with Crippen LogP contribution in [0.4, 0.5) is 0 Å². The Morgan fingerprint density at radius 1 is 0.729 bits per heavy atom. The third kappa shape index (κ3) is 25.5. The molecule has 0 heterocycles. The smallest absolute Gasteiger partial charge is 0.0294 e. The molecule has 0 aliphatic rings. The quantitative estimate of drug-likeness (QED) is 0.215. The Hall–Kier alpha value is -3.58. The molecule has 1 N–H and O–H groups in total. The van der Waals surface area contributed by atoms with E-state index in [-0.39, 0.29) is 0 Å². The fourth-order valence-electron chi connectivity index (χ4n) is 3.71. The molecule has 1 unspecified atom stereocenters. The van der Waals surface area contributed by atoms with E-state index in [2.05, 4.69) is 154 Å². The summed E-state index contributed by atoms with van der Waals surface area (Å²) in [6.45, 7) is 35.7. The molecule has 1 heteroatoms. The lowest BCUT2D eigenvalue weighted by molar-refractivity contribution is 0.744. The molecule has 0 spiro atoms. The fraction of sp³-hybridized carbons (Fsp3) is 0.447. The average Bonchev–Trinajstić information content (AvgIpc) is 3.13. The van der Waals surface area contributed by atoms with E-state index < -0.39 is 0 Å². The molecule has 3 aromatic carbocycles. The normalized spacial score (nSPS) is 10.5. The molecule has 3 rings (SSSR count). The Morgan fingerprint density at radius 3 is 1.60 bits per heavy atom. The van der Waals surface area contributed by atoms with Gasteiger partial charge in [0.15, 0.2) is 0 Å². The molecule has 0 bridgehead atoms. The summed E-state index contributed by atoms with van der Waals surface area (Å²) in [5, 5.41) is 2.98. The van der Waals surface area contributed by atoms with Crippen molar-refractivity contribution in [2.45, 2.75) is 129 Å². The molecule has 0 radical (unpaired) electrons. The number of hydrogen-bond acceptors (Lipinski definition) is 1. The molecule has 0 aliphatic carbocycles. The van der Waals surface area contributed by atoms with Crippen LogP contribution in [-0.2, 0) is 12.8 Å². The predicted octanol–water partition coefficient (Wildman–Crippen LogP) is 14.6. The molecule has 268 valence electrons. The van der Waals surface area contributed by atoms with Crippen LogP contribution in [0.15, 0.2) is 115 Å². The summed E-state index contributed by atoms with van der Waals surface area (Å²) >= 11 is 0. The Balaban J connectivity index is -0.000000605. The summed E-state index contributed by atoms with van der Waals surface area (Å²) < 4.78 is 0. The van der Waals surface area contributed by atoms with E-state index in [0.717, 1.165) is 18.5 Å². The van der Waals surface area contributed by atoms with Gasteiger partial charge in [-0.05, 0) is 92.3 Å². The summed E-state index contributed by atoms with van der Waals surface area (Å²) in [5.74, 6) is 0.463. The van der Waals surface area contributed by atoms with Crippen molar-refractivity contribution in [1.82, 2.24) is 5.32 Å². The Kier molecular flexibility index (Phi) is 33.9. The molecule has 0 aromatic heterocycles. The van der Waals surface area contributed by atoms with Gasteiger partial charge in [0.1, 0.15) is 0 Å². The Bertz CT molecular complexity index is 1230. The van der Waals surface area contributed by atoms with Crippen LogP contribution in [-0.4, -0.2) is 7.05 Å². The second-order valence-electron chi connectivity index (χ2n) is 11.9. The minimum absolute atomic E-state index is 0.463. The molecule has 0 saturated carbocycles. The lowest BCUT2D eigenvalue weighted by atomic mass is 9.89. The first kappa shape index (κ1) is 48.8. The maximum absolute atomic E-state index is 4.29. The maximum Gasteiger partial charge on any atom is 0.0294 e. The van der Waals surface area contributed by atoms with Crippen molar-refractivity contribution >= 4 is 5.57 Å². The second-order valence-corrected chi connectivity index (χ2v) is 11.9. The highest BCUT2D eigenvalue weighted by molar-refractivity contribution is 5.65. The maximum atomic E-state index is 4.29. The molecule has 3 aromatic rings. The molecule has 0 fully saturated rings. The van der Waals surface area contributed by atoms with Gasteiger partial charge in [-0.2, -0.15) is 0 Å². The van der Waals surface area contributed by atoms with E-state index in [1.165, 1.54) is 70.2 Å². The average molecular weight is 654 g/mol. The second kappa shape index (κ2) is 33.3. The van der Waals surface area contributed by atoms with Crippen LogP contribution < -0.4 is 5.32 Å². The van der Waals surface area contributed by atoms with Crippen LogP contribution in [0, 0.1) is 26.7 Å². The van der Waals surface area contributed by atoms with Crippen molar-refractivity contribution in [2.24, 2.45) is 5.92 Å². The van der Waals surface area contributed by atoms with Gasteiger partial charge in [0.05, 0.1) is 0 Å². The Labute approximate surface area is 300 Å². The third-order valence-corrected chi connectivity index (χ3v) is 7.70. The van der Waals surface area contributed by atoms with Crippen LogP contribution >= 0.6 is 0 Å². The molecule has 1 atom stereocenters. The largest absolute Gasteiger partial charge is 0.388 e. The van der Waals surface area contributed by atoms with E-state index in [1.807, 2.05) is 53.0 Å². The van der Waals surface area contributed by atoms with Gasteiger partial charge in [-0.25, -0.2) is 0 Å². The summed E-state index contributed by atoms with van der Waals surface area (Å²) in [4.78, 5) is 0. The fourth-order valence-corrected chi connectivity index (χ4v) is 3.71. The first-order chi connectivity index (χ1) is 22.9. The van der Waals surface area contributed by atoms with E-state index in [0.29, 0.717) is 5.92 Å². The molecule has 0 amide bonds. The van der Waals surface area contributed by atoms with Crippen LogP contribution in [0.2, 0.25) is 0 Å². The number of benzene rings is 3. The zero-order valence-corrected chi connectivity index (χ0v) is 33.9. The summed E-state index contributed by atoms with van der Waals surface area (Å²) in [6.07, 6.45) is 13.4. The van der Waals surface area contributed by atoms with Crippen LogP contribution in [0.5, 0.6) is 0 Å². The van der Waals surface area contributed by atoms with Crippen molar-refractivity contribution in [3.63, 3.8) is 0 Å². The number of allylic oxidation sites excluding steroid dienone is 5. The predicted molar refractivity (Wildman–Crippen MR) is 224 cm³/mol. The highest BCUT2D eigenvalue weighted by Gasteiger charge is 2.10. The Morgan fingerprint density at radius 2 is 1.21 bits per heavy atom. The molecule has 0 aliphatic heterocycles. The number of rotatable bonds is 10. The highest BCUT2D eigenvalue weighted by atomic mass is 14.8. The SMILES string of the molecule is C=C(NC)/C(C)=C/C=C\C.C=C(c1ccc(C)cc1)C(C)Cc1cccc(CC)c1.CC.CCCC.CCCC.Cc1ccccc1C. The zero-order valence-electron chi connectivity index (χ0n) is 33.9. The molecule has 48 heavy (non-hydrogen) atoms. The van der Waals surface area contributed by atoms with Crippen molar-refractivity contribution in [3.05, 3.63) is 149 Å². The molecular weight excluding hydrogens is 579 g/mol. The standard InChI is InChI=1S/C20H24.C9H15N.C8H10.2C4H10.C2H6/c1-5-18-7-6-8-19(14-18)13-16(3)17(4)20-11-9-15(2)10-12-20;1-5-6-7-8(2)9(3)10-4;1-7-5-3-4-6-8(7)2;2*1-3-4-2;1-2/h6-12,14,16H,4-5,13H2,1-3H3;5-7,10H,3H2,1-2,4H3;3-6H,1-2H3;2*3-4H2,1-2H3;1-2H3/b;6-5-,8-7+;;;;. The third-order valence-electron chi connectivity index (χ3n) is 7.70. The monoisotopic (exact) mass is 654 g/mol. The summed E-state index contributed by atoms with van der Waals surface area (Å²) in [5.41, 5.74) is 11.5. The van der Waals surface area contributed by atoms with Crippen molar-refractivity contribution in [2.75, 3.05) is 7.05 Å². The minimum Gasteiger partial charge on any atom is -0.388 e. The van der Waals surface area contributed by atoms with Gasteiger partial charge >= 0.3 is 0 Å². The van der Waals surface area contributed by atoms with Gasteiger partial charge in [0.25, 0.3) is 0 Å². The number of likely N-dealkylation sites (N-methyl/N-ethyl adjacent to an activating group) is 1. The lowest BCUT2D eigenvalue weighted by Gasteiger charge is -2.16. The van der Waals surface area contributed by atoms with Gasteiger partial charge in [-0.1, -0.05) is 191 Å². The number of nitrogens with one attached hydrogen (secondary N) is 1. The zero-order chi connectivity index (χ0) is 37.3. The van der Waals surface area contributed by atoms with Gasteiger partial charge < -0.3 is 5.32 Å². The number of unbranched alkanes of at least 4 members (excludes halogenated alkanes) is 2. The van der Waals surface area contributed by atoms with Crippen molar-refractivity contribution < 1.29 is 0 Å². The number of aryl methyl sites for hydroxylation is 4. The van der Waals surface area contributed by atoms with E-state index >= 15 is 0 Å². The molecule has 0 saturated heterocycles. The first-order valence-corrected chi connectivity index (χ1v) is 18.5. The van der Waals surface area contributed by atoms with Crippen LogP contribution in [0.3, 0.4) is 0 Å². The van der Waals surface area contributed by atoms with Crippen molar-refractivity contribution in [1.29, 1.82) is 0 Å². The first-order valence-electron chi connectivity index (χ1n) is 18.5. The molecular formula is C47H75N. The van der Waals surface area contributed by atoms with E-state index in [4.69, 9.17) is 0 Å². The molecule has 1 nitrogen and oxygen atoms in total. The lowest BCUT2D eigenvalue weighted by Crippen LogP contribution is -2.04. The highest BCUT2D eigenvalue weighted by Crippen LogP contribution is 2.25. The number of hydrogen-bond donors (Lipinski definition) is 1. The van der Waals surface area contributed by atoms with E-state index in [1.54, 1.807) is 0 Å². The van der Waals surface area contributed by atoms with Crippen LogP contribution in [0.25, 0.3) is 5.57 Å². The van der Waals surface area contributed by atoms with Gasteiger partial charge in [-0.15, -0.1) is 0 Å². The van der Waals surface area contributed by atoms with E-state index in [9.17, 15) is 0 Å². The van der Waals surface area contributed by atoms with Gasteiger partial charge in [-0.3, -0.25) is 0 Å². The van der Waals surface area contributed by atoms with Gasteiger partial charge in [0.2, 0.25) is 0 Å². The van der Waals surface area contributed by atoms with Crippen molar-refractivity contribution in [3.8, 4) is 0 Å². The van der Waals surface area contributed by atoms with Crippen LogP contribution in [0.1, 0.15) is 128 Å². The minimum atomic E-state index is 0.463. The summed E-state index contributed by atoms with van der Waals surface area (Å²) in [6, 6.07) is 25.9.